The highest BCUT2D eigenvalue weighted by molar-refractivity contribution is 6.30. The number of carbonyl (C=O) groups excluding carboxylic acids is 1. The van der Waals surface area contributed by atoms with E-state index in [0.717, 1.165) is 17.1 Å². The second-order valence-electron chi connectivity index (χ2n) is 5.76. The van der Waals surface area contributed by atoms with Gasteiger partial charge in [0.1, 0.15) is 18.1 Å². The van der Waals surface area contributed by atoms with E-state index in [0.29, 0.717) is 24.8 Å². The maximum absolute atomic E-state index is 11.9. The van der Waals surface area contributed by atoms with Crippen LogP contribution in [0.4, 0.5) is 0 Å². The van der Waals surface area contributed by atoms with Crippen LogP contribution >= 0.6 is 11.6 Å². The minimum Gasteiger partial charge on any atom is -0.494 e. The quantitative estimate of drug-likeness (QED) is 0.622. The Morgan fingerprint density at radius 2 is 1.81 bits per heavy atom. The molecule has 0 heterocycles. The summed E-state index contributed by atoms with van der Waals surface area (Å²) >= 11 is 5.98. The molecule has 0 aliphatic rings. The average molecular weight is 377 g/mol. The molecular weight excluding hydrogens is 352 g/mol. The second-order valence-corrected chi connectivity index (χ2v) is 6.20. The fraction of sp³-hybridized carbons (Fsp3) is 0.350. The zero-order valence-corrected chi connectivity index (χ0v) is 15.9. The lowest BCUT2D eigenvalue weighted by Crippen LogP contribution is -2.37. The molecule has 0 unspecified atom stereocenters. The van der Waals surface area contributed by atoms with Gasteiger partial charge in [-0.1, -0.05) is 23.7 Å². The van der Waals surface area contributed by atoms with Crippen molar-refractivity contribution in [2.75, 3.05) is 26.3 Å². The largest absolute Gasteiger partial charge is 0.494 e. The molecule has 1 amide bonds. The van der Waals surface area contributed by atoms with Crippen LogP contribution in [0.5, 0.6) is 11.5 Å². The van der Waals surface area contributed by atoms with Crippen LogP contribution in [0.2, 0.25) is 5.02 Å². The number of ether oxygens (including phenoxy) is 2. The summed E-state index contributed by atoms with van der Waals surface area (Å²) in [5.74, 6) is 1.48. The lowest BCUT2D eigenvalue weighted by molar-refractivity contribution is -0.120. The van der Waals surface area contributed by atoms with E-state index < -0.39 is 0 Å². The van der Waals surface area contributed by atoms with Crippen molar-refractivity contribution in [3.05, 3.63) is 59.1 Å². The first-order valence-corrected chi connectivity index (χ1v) is 9.07. The molecule has 2 N–H and O–H groups in total. The molecule has 0 saturated carbocycles. The molecule has 0 bridgehead atoms. The van der Waals surface area contributed by atoms with Gasteiger partial charge >= 0.3 is 0 Å². The molecule has 5 nitrogen and oxygen atoms in total. The third-order valence-electron chi connectivity index (χ3n) is 3.75. The highest BCUT2D eigenvalue weighted by atomic mass is 35.5. The van der Waals surface area contributed by atoms with Crippen LogP contribution in [-0.2, 0) is 4.79 Å². The predicted molar refractivity (Wildman–Crippen MR) is 104 cm³/mol. The second kappa shape index (κ2) is 10.7. The Hall–Kier alpha value is -2.24. The fourth-order valence-electron chi connectivity index (χ4n) is 2.36. The van der Waals surface area contributed by atoms with E-state index in [2.05, 4.69) is 10.6 Å². The Labute approximate surface area is 159 Å². The molecule has 2 aromatic carbocycles. The number of carbonyl (C=O) groups is 1. The summed E-state index contributed by atoms with van der Waals surface area (Å²) in [6, 6.07) is 15.1. The SMILES string of the molecule is CCOc1ccc(OCCNC(=O)CN[C@H](C)c2cccc(Cl)c2)cc1. The zero-order chi connectivity index (χ0) is 18.8. The van der Waals surface area contributed by atoms with Crippen LogP contribution in [0.3, 0.4) is 0 Å². The molecule has 140 valence electrons. The number of nitrogens with one attached hydrogen (secondary N) is 2. The zero-order valence-electron chi connectivity index (χ0n) is 15.1. The maximum atomic E-state index is 11.9. The number of rotatable bonds is 10. The first-order chi connectivity index (χ1) is 12.6. The van der Waals surface area contributed by atoms with Crippen molar-refractivity contribution in [3.8, 4) is 11.5 Å². The van der Waals surface area contributed by atoms with E-state index in [9.17, 15) is 4.79 Å². The van der Waals surface area contributed by atoms with Crippen molar-refractivity contribution in [1.82, 2.24) is 10.6 Å². The molecule has 0 aromatic heterocycles. The van der Waals surface area contributed by atoms with Crippen molar-refractivity contribution >= 4 is 17.5 Å². The van der Waals surface area contributed by atoms with Gasteiger partial charge in [0.2, 0.25) is 5.91 Å². The topological polar surface area (TPSA) is 59.6 Å². The molecule has 0 aliphatic carbocycles. The smallest absolute Gasteiger partial charge is 0.234 e. The van der Waals surface area contributed by atoms with Crippen molar-refractivity contribution < 1.29 is 14.3 Å². The van der Waals surface area contributed by atoms with Gasteiger partial charge < -0.3 is 20.1 Å². The van der Waals surface area contributed by atoms with Crippen LogP contribution in [0.15, 0.2) is 48.5 Å². The summed E-state index contributed by atoms with van der Waals surface area (Å²) in [5.41, 5.74) is 1.05. The molecule has 26 heavy (non-hydrogen) atoms. The third-order valence-corrected chi connectivity index (χ3v) is 3.98. The number of hydrogen-bond acceptors (Lipinski definition) is 4. The van der Waals surface area contributed by atoms with Crippen LogP contribution < -0.4 is 20.1 Å². The monoisotopic (exact) mass is 376 g/mol. The van der Waals surface area contributed by atoms with Gasteiger partial charge in [-0.15, -0.1) is 0 Å². The number of benzene rings is 2. The average Bonchev–Trinajstić information content (AvgIpc) is 2.65. The molecule has 0 saturated heterocycles. The Bertz CT molecular complexity index is 692. The Morgan fingerprint density at radius 1 is 1.12 bits per heavy atom. The Kier molecular flexibility index (Phi) is 8.25. The fourth-order valence-corrected chi connectivity index (χ4v) is 2.56. The van der Waals surface area contributed by atoms with E-state index in [1.165, 1.54) is 0 Å². The Balaban J connectivity index is 1.62. The van der Waals surface area contributed by atoms with Gasteiger partial charge in [-0.05, 0) is 55.8 Å². The van der Waals surface area contributed by atoms with Gasteiger partial charge in [0.25, 0.3) is 0 Å². The number of hydrogen-bond donors (Lipinski definition) is 2. The van der Waals surface area contributed by atoms with Gasteiger partial charge in [0.15, 0.2) is 0 Å². The van der Waals surface area contributed by atoms with E-state index in [-0.39, 0.29) is 18.5 Å². The Morgan fingerprint density at radius 3 is 2.46 bits per heavy atom. The van der Waals surface area contributed by atoms with Crippen molar-refractivity contribution in [2.45, 2.75) is 19.9 Å². The van der Waals surface area contributed by atoms with E-state index in [4.69, 9.17) is 21.1 Å². The van der Waals surface area contributed by atoms with Crippen molar-refractivity contribution in [1.29, 1.82) is 0 Å². The minimum absolute atomic E-state index is 0.0413. The summed E-state index contributed by atoms with van der Waals surface area (Å²) in [7, 11) is 0. The van der Waals surface area contributed by atoms with Gasteiger partial charge in [0.05, 0.1) is 19.7 Å². The van der Waals surface area contributed by atoms with Gasteiger partial charge in [-0.2, -0.15) is 0 Å². The predicted octanol–water partition coefficient (Wildman–Crippen LogP) is 3.58. The lowest BCUT2D eigenvalue weighted by atomic mass is 10.1. The summed E-state index contributed by atoms with van der Waals surface area (Å²) in [4.78, 5) is 11.9. The third kappa shape index (κ3) is 6.94. The van der Waals surface area contributed by atoms with Crippen LogP contribution in [0.1, 0.15) is 25.5 Å². The van der Waals surface area contributed by atoms with Crippen LogP contribution in [0, 0.1) is 0 Å². The maximum Gasteiger partial charge on any atom is 0.234 e. The molecule has 0 spiro atoms. The summed E-state index contributed by atoms with van der Waals surface area (Å²) in [5, 5.41) is 6.69. The van der Waals surface area contributed by atoms with Gasteiger partial charge in [-0.3, -0.25) is 4.79 Å². The first-order valence-electron chi connectivity index (χ1n) is 8.69. The van der Waals surface area contributed by atoms with Crippen molar-refractivity contribution in [2.24, 2.45) is 0 Å². The van der Waals surface area contributed by atoms with E-state index in [1.807, 2.05) is 62.4 Å². The number of halogens is 1. The highest BCUT2D eigenvalue weighted by Crippen LogP contribution is 2.18. The van der Waals surface area contributed by atoms with E-state index >= 15 is 0 Å². The standard InChI is InChI=1S/C20H25ClN2O3/c1-3-25-18-7-9-19(10-8-18)26-12-11-22-20(24)14-23-15(2)16-5-4-6-17(21)13-16/h4-10,13,15,23H,3,11-12,14H2,1-2H3,(H,22,24)/t15-/m1/s1. The first kappa shape index (κ1) is 20.1. The molecule has 2 rings (SSSR count). The lowest BCUT2D eigenvalue weighted by Gasteiger charge is -2.14. The molecule has 0 fully saturated rings. The molecule has 0 radical (unpaired) electrons. The molecular formula is C20H25ClN2O3. The van der Waals surface area contributed by atoms with Crippen LogP contribution in [-0.4, -0.2) is 32.2 Å². The van der Waals surface area contributed by atoms with Crippen LogP contribution in [0.25, 0.3) is 0 Å². The van der Waals surface area contributed by atoms with Gasteiger partial charge in [0, 0.05) is 11.1 Å². The van der Waals surface area contributed by atoms with Gasteiger partial charge in [-0.25, -0.2) is 0 Å². The molecule has 1 atom stereocenters. The molecule has 2 aromatic rings. The van der Waals surface area contributed by atoms with E-state index in [1.54, 1.807) is 0 Å². The van der Waals surface area contributed by atoms with Crippen molar-refractivity contribution in [3.63, 3.8) is 0 Å². The highest BCUT2D eigenvalue weighted by Gasteiger charge is 2.08. The molecule has 0 aliphatic heterocycles. The normalized spacial score (nSPS) is 11.7. The number of amides is 1. The summed E-state index contributed by atoms with van der Waals surface area (Å²) in [6.45, 7) is 5.65. The summed E-state index contributed by atoms with van der Waals surface area (Å²) in [6.07, 6.45) is 0. The summed E-state index contributed by atoms with van der Waals surface area (Å²) < 4.78 is 11.0. The minimum atomic E-state index is -0.0748. The molecule has 6 heteroatoms.